The number of ether oxygens (including phenoxy) is 2. The molecule has 71 heavy (non-hydrogen) atoms. The van der Waals surface area contributed by atoms with Crippen LogP contribution in [0.15, 0.2) is 60.7 Å². The van der Waals surface area contributed by atoms with Gasteiger partial charge in [-0.2, -0.15) is 13.2 Å². The van der Waals surface area contributed by atoms with Crippen LogP contribution in [0.4, 0.5) is 13.2 Å². The molecule has 0 spiro atoms. The Kier molecular flexibility index (Phi) is 23.2. The van der Waals surface area contributed by atoms with Gasteiger partial charge in [-0.25, -0.2) is 0 Å². The lowest BCUT2D eigenvalue weighted by atomic mass is 10.1. The van der Waals surface area contributed by atoms with Crippen LogP contribution < -0.4 is 16.0 Å². The lowest BCUT2D eigenvalue weighted by Gasteiger charge is -2.34. The van der Waals surface area contributed by atoms with Crippen LogP contribution in [-0.2, 0) is 51.1 Å². The molecule has 18 heteroatoms. The van der Waals surface area contributed by atoms with Crippen molar-refractivity contribution in [3.05, 3.63) is 71.8 Å². The van der Waals surface area contributed by atoms with Crippen LogP contribution in [0.1, 0.15) is 91.2 Å². The molecule has 0 radical (unpaired) electrons. The first-order valence-corrected chi connectivity index (χ1v) is 24.7. The number of halogens is 3. The number of likely N-dealkylation sites (N-methyl/N-ethyl adjacent to an activating group) is 1. The second-order valence-corrected chi connectivity index (χ2v) is 18.4. The Morgan fingerprint density at radius 1 is 0.746 bits per heavy atom. The first-order valence-electron chi connectivity index (χ1n) is 24.7. The zero-order valence-electron chi connectivity index (χ0n) is 42.2. The van der Waals surface area contributed by atoms with Crippen LogP contribution in [0.5, 0.6) is 0 Å². The van der Waals surface area contributed by atoms with Gasteiger partial charge < -0.3 is 45.0 Å². The van der Waals surface area contributed by atoms with Crippen LogP contribution in [0.3, 0.4) is 0 Å². The molecule has 2 aliphatic rings. The first-order chi connectivity index (χ1) is 33.9. The summed E-state index contributed by atoms with van der Waals surface area (Å²) in [6.45, 7) is 10.8. The van der Waals surface area contributed by atoms with E-state index >= 15 is 0 Å². The number of hydrogen-bond donors (Lipinski definition) is 3. The summed E-state index contributed by atoms with van der Waals surface area (Å²) in [5, 5.41) is 8.42. The average Bonchev–Trinajstić information content (AvgIpc) is 4.04. The molecule has 8 atom stereocenters. The third kappa shape index (κ3) is 17.9. The molecule has 6 amide bonds. The van der Waals surface area contributed by atoms with E-state index in [4.69, 9.17) is 9.47 Å². The van der Waals surface area contributed by atoms with Crippen molar-refractivity contribution in [2.75, 3.05) is 52.9 Å². The number of rotatable bonds is 24. The molecule has 4 rings (SSSR count). The maximum Gasteiger partial charge on any atom is 0.471 e. The third-order valence-electron chi connectivity index (χ3n) is 13.2. The topological polar surface area (TPSA) is 170 Å². The van der Waals surface area contributed by atoms with E-state index in [1.165, 1.54) is 18.7 Å². The van der Waals surface area contributed by atoms with Crippen LogP contribution in [0.2, 0.25) is 0 Å². The van der Waals surface area contributed by atoms with Crippen molar-refractivity contribution in [3.8, 4) is 23.9 Å². The van der Waals surface area contributed by atoms with Gasteiger partial charge in [-0.1, -0.05) is 80.4 Å². The van der Waals surface area contributed by atoms with E-state index in [1.807, 2.05) is 67.6 Å². The molecule has 0 saturated carbocycles. The Morgan fingerprint density at radius 2 is 1.28 bits per heavy atom. The fourth-order valence-electron chi connectivity index (χ4n) is 8.57. The number of benzene rings is 2. The molecule has 2 saturated heterocycles. The maximum atomic E-state index is 14.3. The monoisotopic (exact) mass is 992 g/mol. The Labute approximate surface area is 417 Å². The number of aryl methyl sites for hydroxylation is 1. The largest absolute Gasteiger partial charge is 0.471 e. The van der Waals surface area contributed by atoms with Crippen LogP contribution in [0.25, 0.3) is 0 Å². The molecule has 2 aliphatic heterocycles. The number of nitrogens with zero attached hydrogens (tertiary/aromatic N) is 4. The molecule has 15 nitrogen and oxygen atoms in total. The van der Waals surface area contributed by atoms with Gasteiger partial charge in [-0.3, -0.25) is 28.8 Å². The Balaban J connectivity index is 1.42. The number of carbonyl (C=O) groups is 6. The Hall–Kier alpha value is -6.11. The van der Waals surface area contributed by atoms with Crippen LogP contribution in [-0.4, -0.2) is 157 Å². The zero-order valence-corrected chi connectivity index (χ0v) is 42.2. The molecular formula is C53H72F3N7O8. The highest BCUT2D eigenvalue weighted by molar-refractivity contribution is 5.91. The Bertz CT molecular complexity index is 2190. The number of nitrogens with one attached hydrogen (secondary N) is 3. The van der Waals surface area contributed by atoms with Gasteiger partial charge in [0.2, 0.25) is 29.5 Å². The first kappa shape index (κ1) is 57.5. The van der Waals surface area contributed by atoms with E-state index < -0.39 is 60.3 Å². The van der Waals surface area contributed by atoms with Gasteiger partial charge in [0.1, 0.15) is 30.9 Å². The normalized spacial score (nSPS) is 18.0. The standard InChI is InChI=1S/C53H72F3N7O8/c1-8-37(2)48(65)58-46(50(67)62-30-19-26-44(62)35-60(41(6)64)32-28-43-23-14-10-15-24-43)39(4)70-33-16-11-17-34-71-40(5)47(59-49(66)38(3)57-7)51(68)63-31-20-27-45(63)36-61(52(69)53(54,55)56)29-18-25-42-21-12-9-13-22-42/h9-10,12-15,21-24,37-40,44-47,57H,8,18-20,25-33,35-36H2,1-7H3,(H,58,65)(H,59,66)/t37-,38+,39-,40-,44+,45+,46+,47+/m1/s1. The second kappa shape index (κ2) is 28.7. The highest BCUT2D eigenvalue weighted by atomic mass is 19.4. The van der Waals surface area contributed by atoms with E-state index in [1.54, 1.807) is 37.6 Å². The number of alkyl halides is 3. The number of hydrogen-bond acceptors (Lipinski definition) is 9. The van der Waals surface area contributed by atoms with Crippen molar-refractivity contribution < 1.29 is 51.4 Å². The smallest absolute Gasteiger partial charge is 0.440 e. The molecule has 3 N–H and O–H groups in total. The van der Waals surface area contributed by atoms with E-state index in [0.29, 0.717) is 58.2 Å². The summed E-state index contributed by atoms with van der Waals surface area (Å²) < 4.78 is 53.1. The molecule has 0 bridgehead atoms. The number of amides is 6. The van der Waals surface area contributed by atoms with Crippen LogP contribution in [0, 0.1) is 29.8 Å². The van der Waals surface area contributed by atoms with Crippen molar-refractivity contribution >= 4 is 35.4 Å². The van der Waals surface area contributed by atoms with E-state index in [-0.39, 0.29) is 62.3 Å². The third-order valence-corrected chi connectivity index (χ3v) is 13.2. The van der Waals surface area contributed by atoms with Crippen LogP contribution >= 0.6 is 0 Å². The predicted molar refractivity (Wildman–Crippen MR) is 263 cm³/mol. The zero-order chi connectivity index (χ0) is 52.1. The molecule has 2 aromatic carbocycles. The molecule has 2 aromatic rings. The molecule has 388 valence electrons. The molecule has 2 fully saturated rings. The molecule has 2 heterocycles. The predicted octanol–water partition coefficient (Wildman–Crippen LogP) is 4.48. The highest BCUT2D eigenvalue weighted by Crippen LogP contribution is 2.25. The summed E-state index contributed by atoms with van der Waals surface area (Å²) in [7, 11) is 1.57. The fraction of sp³-hybridized carbons (Fsp3) is 0.585. The molecule has 0 aromatic heterocycles. The quantitative estimate of drug-likeness (QED) is 0.129. The van der Waals surface area contributed by atoms with Gasteiger partial charge in [0.05, 0.1) is 12.1 Å². The second-order valence-electron chi connectivity index (χ2n) is 18.4. The van der Waals surface area contributed by atoms with Gasteiger partial charge in [0, 0.05) is 70.1 Å². The van der Waals surface area contributed by atoms with Crippen molar-refractivity contribution in [1.29, 1.82) is 0 Å². The minimum atomic E-state index is -5.11. The summed E-state index contributed by atoms with van der Waals surface area (Å²) in [5.41, 5.74) is 2.02. The lowest BCUT2D eigenvalue weighted by molar-refractivity contribution is -0.186. The molecular weight excluding hydrogens is 920 g/mol. The van der Waals surface area contributed by atoms with E-state index in [0.717, 1.165) is 22.4 Å². The van der Waals surface area contributed by atoms with Gasteiger partial charge in [-0.15, -0.1) is 0 Å². The van der Waals surface area contributed by atoms with Gasteiger partial charge in [0.15, 0.2) is 0 Å². The van der Waals surface area contributed by atoms with Gasteiger partial charge in [0.25, 0.3) is 0 Å². The minimum Gasteiger partial charge on any atom is -0.440 e. The van der Waals surface area contributed by atoms with E-state index in [2.05, 4.69) is 39.8 Å². The van der Waals surface area contributed by atoms with Crippen molar-refractivity contribution in [2.24, 2.45) is 5.92 Å². The maximum absolute atomic E-state index is 14.3. The Morgan fingerprint density at radius 3 is 1.82 bits per heavy atom. The highest BCUT2D eigenvalue weighted by Gasteiger charge is 2.45. The summed E-state index contributed by atoms with van der Waals surface area (Å²) in [4.78, 5) is 85.8. The SMILES string of the molecule is CC[C@@H](C)C(=O)N[C@H](C(=O)N1CCC[C@H]1CN(CCc1ccccc1)C(C)=O)[C@@H](C)OCC#CC#CO[C@H](C)[C@H](NC(=O)[C@H](C)NC)C(=O)N1CCC[C@H]1CN(CCCc1ccccc1)C(=O)C(F)(F)F. The summed E-state index contributed by atoms with van der Waals surface area (Å²) in [5.74, 6) is 3.76. The fourth-order valence-corrected chi connectivity index (χ4v) is 8.57. The number of carbonyl (C=O) groups excluding carboxylic acids is 6. The molecule has 0 aliphatic carbocycles. The summed E-state index contributed by atoms with van der Waals surface area (Å²) >= 11 is 0. The van der Waals surface area contributed by atoms with E-state index in [9.17, 15) is 41.9 Å². The molecule has 0 unspecified atom stereocenters. The number of likely N-dealkylation sites (tertiary alicyclic amines) is 2. The lowest BCUT2D eigenvalue weighted by Crippen LogP contribution is -2.59. The van der Waals surface area contributed by atoms with Gasteiger partial charge in [-0.05, 0) is 96.2 Å². The van der Waals surface area contributed by atoms with Crippen molar-refractivity contribution in [3.63, 3.8) is 0 Å². The van der Waals surface area contributed by atoms with Crippen molar-refractivity contribution in [1.82, 2.24) is 35.6 Å². The average molecular weight is 992 g/mol. The summed E-state index contributed by atoms with van der Waals surface area (Å²) in [6.07, 6.45) is -0.291. The minimum absolute atomic E-state index is 0.0898. The van der Waals surface area contributed by atoms with Crippen molar-refractivity contribution in [2.45, 2.75) is 142 Å². The summed E-state index contributed by atoms with van der Waals surface area (Å²) in [6, 6.07) is 15.0. The van der Waals surface area contributed by atoms with Gasteiger partial charge >= 0.3 is 12.1 Å².